The average molecular weight is 278 g/mol. The quantitative estimate of drug-likeness (QED) is 0.359. The predicted octanol–water partition coefficient (Wildman–Crippen LogP) is 2.43. The lowest BCUT2D eigenvalue weighted by atomic mass is 10.0. The standard InChI is InChI=1S/C14H22N4S/c1-10-12-7-9-19-13(12)6-8-18(10)14(17-15)16-11-4-2-3-5-11/h7,9-11H,2-6,8,15H2,1H3,(H,16,17). The SMILES string of the molecule is CC1c2ccsc2CCN1C(=NC1CCCC1)NN. The highest BCUT2D eigenvalue weighted by molar-refractivity contribution is 7.10. The first kappa shape index (κ1) is 12.9. The van der Waals surface area contributed by atoms with E-state index in [9.17, 15) is 0 Å². The van der Waals surface area contributed by atoms with Crippen molar-refractivity contribution in [2.75, 3.05) is 6.54 Å². The highest BCUT2D eigenvalue weighted by atomic mass is 32.1. The van der Waals surface area contributed by atoms with Gasteiger partial charge in [0.25, 0.3) is 0 Å². The average Bonchev–Trinajstić information content (AvgIpc) is 3.08. The van der Waals surface area contributed by atoms with Gasteiger partial charge in [0.15, 0.2) is 0 Å². The summed E-state index contributed by atoms with van der Waals surface area (Å²) in [6.07, 6.45) is 6.11. The molecule has 2 aliphatic rings. The Balaban J connectivity index is 1.80. The van der Waals surface area contributed by atoms with E-state index in [0.717, 1.165) is 18.9 Å². The van der Waals surface area contributed by atoms with Gasteiger partial charge in [0.05, 0.1) is 12.1 Å². The van der Waals surface area contributed by atoms with E-state index in [-0.39, 0.29) is 0 Å². The third kappa shape index (κ3) is 2.49. The lowest BCUT2D eigenvalue weighted by Gasteiger charge is -2.36. The number of fused-ring (bicyclic) bond motifs is 1. The zero-order valence-electron chi connectivity index (χ0n) is 11.4. The van der Waals surface area contributed by atoms with Crippen LogP contribution in [-0.4, -0.2) is 23.4 Å². The molecule has 104 valence electrons. The minimum atomic E-state index is 0.367. The van der Waals surface area contributed by atoms with Crippen LogP contribution in [0, 0.1) is 0 Å². The molecule has 0 bridgehead atoms. The molecule has 3 rings (SSSR count). The summed E-state index contributed by atoms with van der Waals surface area (Å²) in [6, 6.07) is 3.06. The molecule has 19 heavy (non-hydrogen) atoms. The fraction of sp³-hybridized carbons (Fsp3) is 0.643. The van der Waals surface area contributed by atoms with Crippen molar-refractivity contribution in [1.82, 2.24) is 10.3 Å². The second kappa shape index (κ2) is 5.51. The minimum absolute atomic E-state index is 0.367. The van der Waals surface area contributed by atoms with Crippen molar-refractivity contribution in [2.45, 2.75) is 51.1 Å². The molecule has 1 saturated carbocycles. The molecule has 1 aliphatic carbocycles. The summed E-state index contributed by atoms with van der Waals surface area (Å²) in [5.41, 5.74) is 4.27. The summed E-state index contributed by atoms with van der Waals surface area (Å²) >= 11 is 1.87. The lowest BCUT2D eigenvalue weighted by molar-refractivity contribution is 0.308. The highest BCUT2D eigenvalue weighted by Gasteiger charge is 2.27. The molecule has 1 fully saturated rings. The molecule has 0 aromatic carbocycles. The maximum atomic E-state index is 5.72. The summed E-state index contributed by atoms with van der Waals surface area (Å²) in [5.74, 6) is 6.59. The molecule has 0 spiro atoms. The number of rotatable bonds is 1. The zero-order valence-corrected chi connectivity index (χ0v) is 12.2. The van der Waals surface area contributed by atoms with E-state index in [1.807, 2.05) is 11.3 Å². The van der Waals surface area contributed by atoms with E-state index in [2.05, 4.69) is 28.7 Å². The normalized spacial score (nSPS) is 24.6. The van der Waals surface area contributed by atoms with Gasteiger partial charge in [-0.15, -0.1) is 11.3 Å². The topological polar surface area (TPSA) is 53.6 Å². The monoisotopic (exact) mass is 278 g/mol. The Kier molecular flexibility index (Phi) is 3.75. The lowest BCUT2D eigenvalue weighted by Crippen LogP contribution is -2.48. The zero-order chi connectivity index (χ0) is 13.2. The number of guanidine groups is 1. The van der Waals surface area contributed by atoms with Gasteiger partial charge in [-0.3, -0.25) is 5.43 Å². The fourth-order valence-electron chi connectivity index (χ4n) is 3.20. The molecule has 5 heteroatoms. The first-order chi connectivity index (χ1) is 9.29. The van der Waals surface area contributed by atoms with Gasteiger partial charge in [-0.05, 0) is 43.2 Å². The Morgan fingerprint density at radius 3 is 3.00 bits per heavy atom. The molecule has 1 atom stereocenters. The van der Waals surface area contributed by atoms with Crippen molar-refractivity contribution in [3.8, 4) is 0 Å². The van der Waals surface area contributed by atoms with Gasteiger partial charge in [0.1, 0.15) is 0 Å². The van der Waals surface area contributed by atoms with Crippen molar-refractivity contribution in [2.24, 2.45) is 10.8 Å². The van der Waals surface area contributed by atoms with Crippen LogP contribution in [0.1, 0.15) is 49.1 Å². The molecule has 0 amide bonds. The number of hydrogen-bond acceptors (Lipinski definition) is 3. The summed E-state index contributed by atoms with van der Waals surface area (Å²) in [5, 5.41) is 2.19. The molecule has 1 aromatic rings. The van der Waals surface area contributed by atoms with Crippen molar-refractivity contribution in [3.63, 3.8) is 0 Å². The summed E-state index contributed by atoms with van der Waals surface area (Å²) in [4.78, 5) is 8.66. The molecule has 0 radical (unpaired) electrons. The van der Waals surface area contributed by atoms with E-state index in [4.69, 9.17) is 10.8 Å². The second-order valence-electron chi connectivity index (χ2n) is 5.45. The Labute approximate surface area is 118 Å². The number of nitrogens with two attached hydrogens (primary N) is 1. The summed E-state index contributed by atoms with van der Waals surface area (Å²) in [6.45, 7) is 3.25. The molecular formula is C14H22N4S. The van der Waals surface area contributed by atoms with Crippen LogP contribution in [0.5, 0.6) is 0 Å². The van der Waals surface area contributed by atoms with Crippen molar-refractivity contribution < 1.29 is 0 Å². The van der Waals surface area contributed by atoms with Gasteiger partial charge in [0.2, 0.25) is 5.96 Å². The minimum Gasteiger partial charge on any atom is -0.335 e. The molecule has 1 unspecified atom stereocenters. The van der Waals surface area contributed by atoms with Gasteiger partial charge < -0.3 is 4.90 Å². The van der Waals surface area contributed by atoms with Gasteiger partial charge in [-0.25, -0.2) is 10.8 Å². The molecule has 3 N–H and O–H groups in total. The van der Waals surface area contributed by atoms with E-state index in [0.29, 0.717) is 12.1 Å². The predicted molar refractivity (Wildman–Crippen MR) is 80.2 cm³/mol. The Morgan fingerprint density at radius 2 is 2.26 bits per heavy atom. The fourth-order valence-corrected chi connectivity index (χ4v) is 4.16. The van der Waals surface area contributed by atoms with E-state index < -0.39 is 0 Å². The number of aliphatic imine (C=N–C) groups is 1. The van der Waals surface area contributed by atoms with E-state index in [1.165, 1.54) is 36.1 Å². The number of hydrogen-bond donors (Lipinski definition) is 2. The van der Waals surface area contributed by atoms with Crippen LogP contribution >= 0.6 is 11.3 Å². The van der Waals surface area contributed by atoms with Crippen LogP contribution in [0.15, 0.2) is 16.4 Å². The van der Waals surface area contributed by atoms with Crippen LogP contribution in [-0.2, 0) is 6.42 Å². The highest BCUT2D eigenvalue weighted by Crippen LogP contribution is 2.33. The third-order valence-electron chi connectivity index (χ3n) is 4.31. The molecule has 1 aliphatic heterocycles. The number of thiophene rings is 1. The summed E-state index contributed by atoms with van der Waals surface area (Å²) in [7, 11) is 0. The Bertz CT molecular complexity index is 462. The molecule has 4 nitrogen and oxygen atoms in total. The largest absolute Gasteiger partial charge is 0.335 e. The second-order valence-corrected chi connectivity index (χ2v) is 6.45. The van der Waals surface area contributed by atoms with E-state index in [1.54, 1.807) is 0 Å². The van der Waals surface area contributed by atoms with Crippen LogP contribution in [0.3, 0.4) is 0 Å². The third-order valence-corrected chi connectivity index (χ3v) is 5.30. The van der Waals surface area contributed by atoms with Crippen LogP contribution < -0.4 is 11.3 Å². The van der Waals surface area contributed by atoms with Crippen molar-refractivity contribution in [3.05, 3.63) is 21.9 Å². The van der Waals surface area contributed by atoms with Crippen molar-refractivity contribution >= 4 is 17.3 Å². The molecule has 2 heterocycles. The van der Waals surface area contributed by atoms with E-state index >= 15 is 0 Å². The maximum absolute atomic E-state index is 5.72. The van der Waals surface area contributed by atoms with Crippen LogP contribution in [0.2, 0.25) is 0 Å². The number of nitrogens with one attached hydrogen (secondary N) is 1. The summed E-state index contributed by atoms with van der Waals surface area (Å²) < 4.78 is 0. The number of nitrogens with zero attached hydrogens (tertiary/aromatic N) is 2. The molecule has 0 saturated heterocycles. The Morgan fingerprint density at radius 1 is 1.47 bits per heavy atom. The molecular weight excluding hydrogens is 256 g/mol. The van der Waals surface area contributed by atoms with Gasteiger partial charge in [-0.1, -0.05) is 12.8 Å². The van der Waals surface area contributed by atoms with Gasteiger partial charge in [-0.2, -0.15) is 0 Å². The maximum Gasteiger partial charge on any atom is 0.209 e. The Hall–Kier alpha value is -1.07. The first-order valence-corrected chi connectivity index (χ1v) is 8.05. The number of hydrazine groups is 1. The van der Waals surface area contributed by atoms with Crippen molar-refractivity contribution in [1.29, 1.82) is 0 Å². The van der Waals surface area contributed by atoms with Crippen LogP contribution in [0.4, 0.5) is 0 Å². The van der Waals surface area contributed by atoms with Gasteiger partial charge >= 0.3 is 0 Å². The first-order valence-electron chi connectivity index (χ1n) is 7.17. The van der Waals surface area contributed by atoms with Gasteiger partial charge in [0, 0.05) is 11.4 Å². The molecule has 1 aromatic heterocycles. The van der Waals surface area contributed by atoms with Crippen LogP contribution in [0.25, 0.3) is 0 Å². The smallest absolute Gasteiger partial charge is 0.209 e.